The van der Waals surface area contributed by atoms with Crippen molar-refractivity contribution < 1.29 is 19.8 Å². The summed E-state index contributed by atoms with van der Waals surface area (Å²) in [6.07, 6.45) is -0.370. The van der Waals surface area contributed by atoms with Crippen LogP contribution < -0.4 is 5.32 Å². The second-order valence-corrected chi connectivity index (χ2v) is 5.93. The monoisotopic (exact) mass is 298 g/mol. The van der Waals surface area contributed by atoms with Gasteiger partial charge in [-0.2, -0.15) is 0 Å². The van der Waals surface area contributed by atoms with Gasteiger partial charge in [-0.15, -0.1) is 11.3 Å². The Hall–Kier alpha value is -1.60. The number of hydrogen-bond acceptors (Lipinski definition) is 4. The van der Waals surface area contributed by atoms with Crippen LogP contribution in [0.3, 0.4) is 0 Å². The van der Waals surface area contributed by atoms with E-state index in [1.807, 2.05) is 18.4 Å². The molecule has 110 valence electrons. The average molecular weight is 298 g/mol. The average Bonchev–Trinajstić information content (AvgIpc) is 2.84. The first-order valence-electron chi connectivity index (χ1n) is 6.46. The van der Waals surface area contributed by atoms with Crippen molar-refractivity contribution in [2.75, 3.05) is 6.54 Å². The van der Waals surface area contributed by atoms with Gasteiger partial charge in [0.2, 0.25) is 0 Å². The molecule has 3 N–H and O–H groups in total. The Labute approximate surface area is 121 Å². The molecule has 1 aromatic heterocycles. The lowest BCUT2D eigenvalue weighted by atomic mass is 10.0. The van der Waals surface area contributed by atoms with E-state index in [0.717, 1.165) is 12.0 Å². The van der Waals surface area contributed by atoms with Gasteiger partial charge in [-0.3, -0.25) is 0 Å². The number of hydrogen-bond donors (Lipinski definition) is 3. The summed E-state index contributed by atoms with van der Waals surface area (Å²) in [6, 6.07) is 0.155. The van der Waals surface area contributed by atoms with Crippen molar-refractivity contribution in [2.24, 2.45) is 0 Å². The van der Waals surface area contributed by atoms with Gasteiger partial charge in [-0.05, 0) is 37.3 Å². The molecule has 3 atom stereocenters. The Balaban J connectivity index is 2.09. The highest BCUT2D eigenvalue weighted by atomic mass is 32.1. The number of carbonyl (C=O) groups excluding carboxylic acids is 1. The number of carbonyl (C=O) groups is 2. The first-order chi connectivity index (χ1) is 9.41. The zero-order valence-corrected chi connectivity index (χ0v) is 12.2. The van der Waals surface area contributed by atoms with E-state index in [0.29, 0.717) is 6.54 Å². The van der Waals surface area contributed by atoms with Crippen LogP contribution in [0.4, 0.5) is 4.79 Å². The molecule has 0 saturated carbocycles. The third-order valence-electron chi connectivity index (χ3n) is 3.57. The molecule has 1 aliphatic rings. The van der Waals surface area contributed by atoms with Crippen molar-refractivity contribution in [1.29, 1.82) is 0 Å². The van der Waals surface area contributed by atoms with Crippen LogP contribution in [-0.2, 0) is 11.2 Å². The van der Waals surface area contributed by atoms with Crippen molar-refractivity contribution in [3.05, 3.63) is 21.9 Å². The van der Waals surface area contributed by atoms with E-state index in [2.05, 4.69) is 5.32 Å². The zero-order chi connectivity index (χ0) is 14.9. The Kier molecular flexibility index (Phi) is 4.29. The summed E-state index contributed by atoms with van der Waals surface area (Å²) >= 11 is 1.67. The number of urea groups is 1. The van der Waals surface area contributed by atoms with Crippen molar-refractivity contribution in [3.8, 4) is 0 Å². The summed E-state index contributed by atoms with van der Waals surface area (Å²) in [5, 5.41) is 22.8. The highest BCUT2D eigenvalue weighted by Gasteiger charge is 2.32. The molecule has 2 rings (SSSR count). The second-order valence-electron chi connectivity index (χ2n) is 4.92. The quantitative estimate of drug-likeness (QED) is 0.782. The first kappa shape index (κ1) is 14.8. The van der Waals surface area contributed by atoms with E-state index >= 15 is 0 Å². The summed E-state index contributed by atoms with van der Waals surface area (Å²) in [5.41, 5.74) is 1.11. The predicted molar refractivity (Wildman–Crippen MR) is 74.8 cm³/mol. The molecule has 0 aliphatic carbocycles. The number of nitrogens with zero attached hydrogens (tertiary/aromatic N) is 1. The van der Waals surface area contributed by atoms with Crippen LogP contribution in [0.15, 0.2) is 11.4 Å². The molecule has 1 aliphatic heterocycles. The fourth-order valence-electron chi connectivity index (χ4n) is 2.39. The van der Waals surface area contributed by atoms with Crippen LogP contribution >= 0.6 is 11.3 Å². The lowest BCUT2D eigenvalue weighted by Crippen LogP contribution is -2.53. The van der Waals surface area contributed by atoms with Gasteiger partial charge < -0.3 is 20.4 Å². The van der Waals surface area contributed by atoms with Crippen molar-refractivity contribution in [2.45, 2.75) is 38.5 Å². The number of amides is 2. The van der Waals surface area contributed by atoms with E-state index in [9.17, 15) is 14.7 Å². The van der Waals surface area contributed by atoms with E-state index in [-0.39, 0.29) is 6.04 Å². The van der Waals surface area contributed by atoms with Crippen LogP contribution in [0, 0.1) is 0 Å². The summed E-state index contributed by atoms with van der Waals surface area (Å²) in [6.45, 7) is 3.81. The lowest BCUT2D eigenvalue weighted by molar-refractivity contribution is -0.141. The van der Waals surface area contributed by atoms with Crippen molar-refractivity contribution in [3.63, 3.8) is 0 Å². The number of rotatable bonds is 3. The maximum Gasteiger partial charge on any atom is 0.328 e. The molecule has 7 heteroatoms. The maximum absolute atomic E-state index is 12.2. The maximum atomic E-state index is 12.2. The minimum absolute atomic E-state index is 0.0894. The molecule has 0 spiro atoms. The number of aliphatic carboxylic acids is 1. The first-order valence-corrected chi connectivity index (χ1v) is 7.34. The normalized spacial score (nSPS) is 20.9. The number of fused-ring (bicyclic) bond motifs is 1. The Bertz CT molecular complexity index is 514. The second kappa shape index (κ2) is 5.80. The molecular weight excluding hydrogens is 280 g/mol. The summed E-state index contributed by atoms with van der Waals surface area (Å²) in [7, 11) is 0. The van der Waals surface area contributed by atoms with Crippen LogP contribution in [0.25, 0.3) is 0 Å². The summed E-state index contributed by atoms with van der Waals surface area (Å²) < 4.78 is 0. The van der Waals surface area contributed by atoms with Crippen LogP contribution in [0.2, 0.25) is 0 Å². The van der Waals surface area contributed by atoms with Gasteiger partial charge in [-0.1, -0.05) is 0 Å². The highest BCUT2D eigenvalue weighted by molar-refractivity contribution is 7.10. The van der Waals surface area contributed by atoms with Gasteiger partial charge >= 0.3 is 12.0 Å². The predicted octanol–water partition coefficient (Wildman–Crippen LogP) is 1.21. The molecule has 20 heavy (non-hydrogen) atoms. The third kappa shape index (κ3) is 2.78. The van der Waals surface area contributed by atoms with Crippen LogP contribution in [0.1, 0.15) is 30.3 Å². The van der Waals surface area contributed by atoms with Crippen LogP contribution in [-0.4, -0.2) is 45.8 Å². The number of aliphatic hydroxyl groups excluding tert-OH is 1. The largest absolute Gasteiger partial charge is 0.480 e. The topological polar surface area (TPSA) is 89.9 Å². The summed E-state index contributed by atoms with van der Waals surface area (Å²) in [5.74, 6) is -1.24. The minimum atomic E-state index is -1.29. The smallest absolute Gasteiger partial charge is 0.328 e. The van der Waals surface area contributed by atoms with E-state index in [1.165, 1.54) is 11.8 Å². The van der Waals surface area contributed by atoms with E-state index in [4.69, 9.17) is 5.11 Å². The number of thiophene rings is 1. The molecule has 0 radical (unpaired) electrons. The molecule has 0 bridgehead atoms. The molecule has 6 nitrogen and oxygen atoms in total. The standard InChI is InChI=1S/C13H18N2O4S/c1-7-9-4-6-20-10(9)3-5-15(7)13(19)14-11(8(2)16)12(17)18/h4,6-8,11,16H,3,5H2,1-2H3,(H,14,19)(H,17,18)/t7?,8-,11+/m1/s1. The van der Waals surface area contributed by atoms with Gasteiger partial charge in [-0.25, -0.2) is 9.59 Å². The zero-order valence-electron chi connectivity index (χ0n) is 11.4. The van der Waals surface area contributed by atoms with Crippen molar-refractivity contribution in [1.82, 2.24) is 10.2 Å². The molecule has 2 amide bonds. The van der Waals surface area contributed by atoms with Gasteiger partial charge in [0.05, 0.1) is 12.1 Å². The van der Waals surface area contributed by atoms with Crippen LogP contribution in [0.5, 0.6) is 0 Å². The number of nitrogens with one attached hydrogen (secondary N) is 1. The molecule has 0 fully saturated rings. The summed E-state index contributed by atoms with van der Waals surface area (Å²) in [4.78, 5) is 26.1. The van der Waals surface area contributed by atoms with E-state index < -0.39 is 24.1 Å². The van der Waals surface area contributed by atoms with Gasteiger partial charge in [0, 0.05) is 11.4 Å². The van der Waals surface area contributed by atoms with Crippen molar-refractivity contribution >= 4 is 23.3 Å². The molecule has 1 unspecified atom stereocenters. The molecule has 0 aromatic carbocycles. The van der Waals surface area contributed by atoms with Gasteiger partial charge in [0.1, 0.15) is 0 Å². The Morgan fingerprint density at radius 1 is 1.55 bits per heavy atom. The molecule has 1 aromatic rings. The lowest BCUT2D eigenvalue weighted by Gasteiger charge is -2.34. The fourth-order valence-corrected chi connectivity index (χ4v) is 3.35. The number of aliphatic hydroxyl groups is 1. The number of carboxylic acids is 1. The minimum Gasteiger partial charge on any atom is -0.480 e. The SMILES string of the molecule is CC1c2ccsc2CCN1C(=O)N[C@H](C(=O)O)[C@@H](C)O. The fraction of sp³-hybridized carbons (Fsp3) is 0.538. The Morgan fingerprint density at radius 2 is 2.25 bits per heavy atom. The Morgan fingerprint density at radius 3 is 2.85 bits per heavy atom. The number of carboxylic acid groups (broad SMARTS) is 1. The van der Waals surface area contributed by atoms with Gasteiger partial charge in [0.25, 0.3) is 0 Å². The highest BCUT2D eigenvalue weighted by Crippen LogP contribution is 2.32. The molecule has 0 saturated heterocycles. The third-order valence-corrected chi connectivity index (χ3v) is 4.56. The molecular formula is C13H18N2O4S. The molecule has 2 heterocycles. The van der Waals surface area contributed by atoms with Gasteiger partial charge in [0.15, 0.2) is 6.04 Å². The van der Waals surface area contributed by atoms with E-state index in [1.54, 1.807) is 16.2 Å².